The second kappa shape index (κ2) is 9.78. The molecule has 1 aromatic carbocycles. The smallest absolute Gasteiger partial charge is 0.439 e. The van der Waals surface area contributed by atoms with Crippen molar-refractivity contribution >= 4 is 39.7 Å². The van der Waals surface area contributed by atoms with Crippen LogP contribution in [0.4, 0.5) is 9.59 Å². The van der Waals surface area contributed by atoms with Gasteiger partial charge in [-0.1, -0.05) is 34.1 Å². The maximum Gasteiger partial charge on any atom is 0.439 e. The average molecular weight is 471 g/mol. The third kappa shape index (κ3) is 8.15. The van der Waals surface area contributed by atoms with Crippen molar-refractivity contribution in [1.82, 2.24) is 10.4 Å². The Hall–Kier alpha value is -2.55. The molecule has 0 saturated heterocycles. The molecule has 0 heterocycles. The van der Waals surface area contributed by atoms with E-state index in [0.29, 0.717) is 15.0 Å². The first-order chi connectivity index (χ1) is 13.2. The van der Waals surface area contributed by atoms with Crippen molar-refractivity contribution in [3.8, 4) is 0 Å². The molecule has 0 aliphatic heterocycles. The predicted molar refractivity (Wildman–Crippen MR) is 112 cm³/mol. The fourth-order valence-corrected chi connectivity index (χ4v) is 2.46. The van der Waals surface area contributed by atoms with Crippen LogP contribution in [0.15, 0.2) is 34.9 Å². The number of benzene rings is 1. The molecule has 0 fully saturated rings. The van der Waals surface area contributed by atoms with Crippen LogP contribution in [-0.2, 0) is 19.0 Å². The number of nitrogens with one attached hydrogen (secondary N) is 1. The highest BCUT2D eigenvalue weighted by Crippen LogP contribution is 2.25. The number of hydrogen-bond donors (Lipinski definition) is 1. The van der Waals surface area contributed by atoms with Gasteiger partial charge in [-0.2, -0.15) is 0 Å². The highest BCUT2D eigenvalue weighted by atomic mass is 79.9. The van der Waals surface area contributed by atoms with Crippen LogP contribution in [0, 0.1) is 0 Å². The molecule has 0 saturated carbocycles. The van der Waals surface area contributed by atoms with E-state index in [4.69, 9.17) is 14.2 Å². The summed E-state index contributed by atoms with van der Waals surface area (Å²) in [5.74, 6) is -0.669. The van der Waals surface area contributed by atoms with Crippen LogP contribution in [0.5, 0.6) is 0 Å². The Morgan fingerprint density at radius 3 is 1.86 bits per heavy atom. The Morgan fingerprint density at radius 2 is 1.45 bits per heavy atom. The molecule has 0 aromatic heterocycles. The van der Waals surface area contributed by atoms with Gasteiger partial charge in [0, 0.05) is 16.2 Å². The number of carbonyl (C=O) groups is 3. The van der Waals surface area contributed by atoms with E-state index >= 15 is 0 Å². The van der Waals surface area contributed by atoms with Crippen molar-refractivity contribution in [3.63, 3.8) is 0 Å². The molecule has 160 valence electrons. The number of rotatable bonds is 4. The topological polar surface area (TPSA) is 94.2 Å². The number of carbonyl (C=O) groups excluding carboxylic acids is 3. The largest absolute Gasteiger partial charge is 0.465 e. The Balaban J connectivity index is 3.29. The van der Waals surface area contributed by atoms with Crippen LogP contribution in [0.1, 0.15) is 47.1 Å². The zero-order valence-electron chi connectivity index (χ0n) is 17.7. The number of methoxy groups -OCH3 is 1. The van der Waals surface area contributed by atoms with Crippen LogP contribution in [0.3, 0.4) is 0 Å². The van der Waals surface area contributed by atoms with Crippen LogP contribution in [-0.4, -0.2) is 41.5 Å². The van der Waals surface area contributed by atoms with Crippen LogP contribution in [0.2, 0.25) is 0 Å². The number of nitrogens with zero attached hydrogens (tertiary/aromatic N) is 1. The monoisotopic (exact) mass is 470 g/mol. The molecule has 9 heteroatoms. The van der Waals surface area contributed by atoms with Gasteiger partial charge in [0.25, 0.3) is 0 Å². The zero-order valence-corrected chi connectivity index (χ0v) is 19.2. The standard InChI is InChI=1S/C20H27BrN2O6/c1-19(2,3)28-17(25)23(18(26)29-20(4,5)6)22-12-14(16(24)27-7)13-10-8-9-11-15(13)21/h8-12,22H,1-7H3/b14-12+. The summed E-state index contributed by atoms with van der Waals surface area (Å²) in [7, 11) is 1.23. The SMILES string of the molecule is COC(=O)/C(=C/NN(C(=O)OC(C)(C)C)C(=O)OC(C)(C)C)c1ccccc1Br. The lowest BCUT2D eigenvalue weighted by Gasteiger charge is -2.28. The summed E-state index contributed by atoms with van der Waals surface area (Å²) in [5, 5.41) is 0.552. The number of amides is 2. The molecular formula is C20H27BrN2O6. The second-order valence-corrected chi connectivity index (χ2v) is 8.81. The number of ether oxygens (including phenoxy) is 3. The zero-order chi connectivity index (χ0) is 22.4. The summed E-state index contributed by atoms with van der Waals surface area (Å²) < 4.78 is 15.9. The third-order valence-corrected chi connectivity index (χ3v) is 3.75. The van der Waals surface area contributed by atoms with Crippen molar-refractivity contribution in [2.45, 2.75) is 52.7 Å². The first-order valence-electron chi connectivity index (χ1n) is 8.81. The minimum Gasteiger partial charge on any atom is -0.465 e. The van der Waals surface area contributed by atoms with Gasteiger partial charge in [0.2, 0.25) is 0 Å². The summed E-state index contributed by atoms with van der Waals surface area (Å²) in [5.41, 5.74) is 1.39. The van der Waals surface area contributed by atoms with Gasteiger partial charge in [-0.05, 0) is 47.6 Å². The van der Waals surface area contributed by atoms with Gasteiger partial charge in [-0.25, -0.2) is 14.4 Å². The lowest BCUT2D eigenvalue weighted by Crippen LogP contribution is -2.49. The van der Waals surface area contributed by atoms with Crippen molar-refractivity contribution in [2.24, 2.45) is 0 Å². The van der Waals surface area contributed by atoms with E-state index in [-0.39, 0.29) is 5.57 Å². The Bertz CT molecular complexity index is 765. The maximum atomic E-state index is 12.5. The van der Waals surface area contributed by atoms with Crippen LogP contribution in [0.25, 0.3) is 5.57 Å². The van der Waals surface area contributed by atoms with Gasteiger partial charge in [0.15, 0.2) is 0 Å². The highest BCUT2D eigenvalue weighted by molar-refractivity contribution is 9.10. The quantitative estimate of drug-likeness (QED) is 0.296. The summed E-state index contributed by atoms with van der Waals surface area (Å²) in [6.07, 6.45) is -0.793. The molecule has 0 aliphatic carbocycles. The molecule has 1 N–H and O–H groups in total. The second-order valence-electron chi connectivity index (χ2n) is 7.95. The van der Waals surface area contributed by atoms with Gasteiger partial charge < -0.3 is 14.2 Å². The predicted octanol–water partition coefficient (Wildman–Crippen LogP) is 4.64. The van der Waals surface area contributed by atoms with Crippen molar-refractivity contribution < 1.29 is 28.6 Å². The van der Waals surface area contributed by atoms with E-state index in [9.17, 15) is 14.4 Å². The van der Waals surface area contributed by atoms with Gasteiger partial charge in [-0.3, -0.25) is 5.43 Å². The van der Waals surface area contributed by atoms with E-state index in [1.807, 2.05) is 0 Å². The van der Waals surface area contributed by atoms with Crippen molar-refractivity contribution in [3.05, 3.63) is 40.5 Å². The number of esters is 1. The summed E-state index contributed by atoms with van der Waals surface area (Å²) in [4.78, 5) is 37.3. The lowest BCUT2D eigenvalue weighted by molar-refractivity contribution is -0.133. The molecule has 1 rings (SSSR count). The lowest BCUT2D eigenvalue weighted by atomic mass is 10.1. The first kappa shape index (κ1) is 24.5. The van der Waals surface area contributed by atoms with E-state index in [0.717, 1.165) is 0 Å². The normalized spacial score (nSPS) is 12.1. The van der Waals surface area contributed by atoms with E-state index in [1.165, 1.54) is 13.3 Å². The molecule has 1 aromatic rings. The molecule has 29 heavy (non-hydrogen) atoms. The fourth-order valence-electron chi connectivity index (χ4n) is 1.96. The molecule has 0 atom stereocenters. The van der Waals surface area contributed by atoms with Gasteiger partial charge >= 0.3 is 18.2 Å². The Labute approximate surface area is 179 Å². The summed E-state index contributed by atoms with van der Waals surface area (Å²) >= 11 is 3.37. The summed E-state index contributed by atoms with van der Waals surface area (Å²) in [6, 6.07) is 6.94. The minimum atomic E-state index is -0.987. The van der Waals surface area contributed by atoms with E-state index < -0.39 is 29.4 Å². The summed E-state index contributed by atoms with van der Waals surface area (Å²) in [6.45, 7) is 9.97. The van der Waals surface area contributed by atoms with Crippen LogP contribution < -0.4 is 5.43 Å². The molecule has 0 radical (unpaired) electrons. The molecule has 8 nitrogen and oxygen atoms in total. The first-order valence-corrected chi connectivity index (χ1v) is 9.60. The fraction of sp³-hybridized carbons (Fsp3) is 0.450. The number of halogens is 1. The molecule has 0 aliphatic rings. The molecule has 0 unspecified atom stereocenters. The number of hydrogen-bond acceptors (Lipinski definition) is 7. The third-order valence-electron chi connectivity index (χ3n) is 3.06. The molecule has 0 spiro atoms. The average Bonchev–Trinajstić information content (AvgIpc) is 2.55. The Kier molecular flexibility index (Phi) is 8.25. The molecular weight excluding hydrogens is 444 g/mol. The number of imide groups is 1. The van der Waals surface area contributed by atoms with Gasteiger partial charge in [-0.15, -0.1) is 5.01 Å². The van der Waals surface area contributed by atoms with E-state index in [2.05, 4.69) is 21.4 Å². The highest BCUT2D eigenvalue weighted by Gasteiger charge is 2.31. The van der Waals surface area contributed by atoms with Crippen molar-refractivity contribution in [1.29, 1.82) is 0 Å². The van der Waals surface area contributed by atoms with E-state index in [1.54, 1.807) is 65.8 Å². The number of hydrazine groups is 1. The molecule has 0 bridgehead atoms. The minimum absolute atomic E-state index is 0.0806. The Morgan fingerprint density at radius 1 is 0.966 bits per heavy atom. The van der Waals surface area contributed by atoms with Crippen molar-refractivity contribution in [2.75, 3.05) is 7.11 Å². The maximum absolute atomic E-state index is 12.5. The van der Waals surface area contributed by atoms with Gasteiger partial charge in [0.05, 0.1) is 12.7 Å². The molecule has 2 amide bonds. The van der Waals surface area contributed by atoms with Gasteiger partial charge in [0.1, 0.15) is 11.2 Å². The van der Waals surface area contributed by atoms with Crippen LogP contribution >= 0.6 is 15.9 Å².